The summed E-state index contributed by atoms with van der Waals surface area (Å²) in [6.45, 7) is -0.673. The SMILES string of the molecule is Nc1ccc(S(=O)(=O)c2ccc(N)cc2OCC(=O)O)cc1. The zero-order valence-corrected chi connectivity index (χ0v) is 12.2. The summed E-state index contributed by atoms with van der Waals surface area (Å²) in [4.78, 5) is 10.5. The molecule has 0 aromatic heterocycles. The van der Waals surface area contributed by atoms with Gasteiger partial charge in [0.1, 0.15) is 10.6 Å². The summed E-state index contributed by atoms with van der Waals surface area (Å²) in [6.07, 6.45) is 0. The number of benzene rings is 2. The molecule has 0 aliphatic heterocycles. The third-order valence-corrected chi connectivity index (χ3v) is 4.61. The molecule has 0 bridgehead atoms. The smallest absolute Gasteiger partial charge is 0.341 e. The lowest BCUT2D eigenvalue weighted by molar-refractivity contribution is -0.139. The highest BCUT2D eigenvalue weighted by atomic mass is 32.2. The molecule has 2 rings (SSSR count). The Morgan fingerprint density at radius 2 is 1.64 bits per heavy atom. The van der Waals surface area contributed by atoms with Crippen LogP contribution in [0.5, 0.6) is 5.75 Å². The molecule has 0 saturated heterocycles. The van der Waals surface area contributed by atoms with Crippen LogP contribution in [-0.2, 0) is 14.6 Å². The number of sulfone groups is 1. The van der Waals surface area contributed by atoms with Gasteiger partial charge in [0.05, 0.1) is 4.90 Å². The molecule has 5 N–H and O–H groups in total. The number of carboxylic acid groups (broad SMARTS) is 1. The number of anilines is 2. The van der Waals surface area contributed by atoms with E-state index in [0.29, 0.717) is 5.69 Å². The minimum atomic E-state index is -3.88. The molecule has 0 aliphatic carbocycles. The average molecular weight is 322 g/mol. The van der Waals surface area contributed by atoms with Crippen LogP contribution in [0.2, 0.25) is 0 Å². The van der Waals surface area contributed by atoms with Gasteiger partial charge in [-0.1, -0.05) is 0 Å². The van der Waals surface area contributed by atoms with Gasteiger partial charge in [-0.2, -0.15) is 0 Å². The van der Waals surface area contributed by atoms with Crippen molar-refractivity contribution in [2.75, 3.05) is 18.1 Å². The van der Waals surface area contributed by atoms with E-state index in [2.05, 4.69) is 0 Å². The summed E-state index contributed by atoms with van der Waals surface area (Å²) in [5.41, 5.74) is 11.8. The number of carbonyl (C=O) groups is 1. The first-order valence-electron chi connectivity index (χ1n) is 6.15. The number of hydrogen-bond donors (Lipinski definition) is 3. The fourth-order valence-electron chi connectivity index (χ4n) is 1.77. The van der Waals surface area contributed by atoms with Crippen molar-refractivity contribution in [3.05, 3.63) is 42.5 Å². The molecule has 0 atom stereocenters. The molecule has 0 unspecified atom stereocenters. The average Bonchev–Trinajstić information content (AvgIpc) is 2.45. The van der Waals surface area contributed by atoms with Crippen LogP contribution in [-0.4, -0.2) is 26.1 Å². The van der Waals surface area contributed by atoms with Crippen LogP contribution < -0.4 is 16.2 Å². The van der Waals surface area contributed by atoms with Crippen molar-refractivity contribution in [1.29, 1.82) is 0 Å². The Kier molecular flexibility index (Phi) is 4.22. The topological polar surface area (TPSA) is 133 Å². The van der Waals surface area contributed by atoms with Crippen molar-refractivity contribution < 1.29 is 23.1 Å². The van der Waals surface area contributed by atoms with Crippen molar-refractivity contribution in [2.45, 2.75) is 9.79 Å². The van der Waals surface area contributed by atoms with Gasteiger partial charge in [0.2, 0.25) is 9.84 Å². The second kappa shape index (κ2) is 5.94. The van der Waals surface area contributed by atoms with E-state index < -0.39 is 22.4 Å². The number of ether oxygens (including phenoxy) is 1. The second-order valence-corrected chi connectivity index (χ2v) is 6.38. The molecule has 0 radical (unpaired) electrons. The highest BCUT2D eigenvalue weighted by Gasteiger charge is 2.23. The first-order valence-corrected chi connectivity index (χ1v) is 7.64. The molecule has 0 amide bonds. The predicted molar refractivity (Wildman–Crippen MR) is 80.3 cm³/mol. The lowest BCUT2D eigenvalue weighted by Crippen LogP contribution is -2.12. The third-order valence-electron chi connectivity index (χ3n) is 2.80. The maximum Gasteiger partial charge on any atom is 0.341 e. The van der Waals surface area contributed by atoms with Crippen LogP contribution in [0.15, 0.2) is 52.3 Å². The van der Waals surface area contributed by atoms with Crippen molar-refractivity contribution in [1.82, 2.24) is 0 Å². The molecule has 22 heavy (non-hydrogen) atoms. The second-order valence-electron chi connectivity index (χ2n) is 4.46. The summed E-state index contributed by atoms with van der Waals surface area (Å²) in [6, 6.07) is 9.59. The maximum absolute atomic E-state index is 12.6. The molecule has 0 aliphatic rings. The molecule has 0 spiro atoms. The Balaban J connectivity index is 2.50. The Morgan fingerprint density at radius 3 is 2.23 bits per heavy atom. The summed E-state index contributed by atoms with van der Waals surface area (Å²) in [5.74, 6) is -1.34. The highest BCUT2D eigenvalue weighted by molar-refractivity contribution is 7.91. The zero-order valence-electron chi connectivity index (χ0n) is 11.4. The third kappa shape index (κ3) is 3.29. The van der Waals surface area contributed by atoms with Gasteiger partial charge in [-0.05, 0) is 36.4 Å². The Bertz CT molecular complexity index is 800. The lowest BCUT2D eigenvalue weighted by Gasteiger charge is -2.12. The van der Waals surface area contributed by atoms with Crippen LogP contribution in [0.3, 0.4) is 0 Å². The molecular formula is C14H14N2O5S. The highest BCUT2D eigenvalue weighted by Crippen LogP contribution is 2.31. The Labute approximate surface area is 127 Å². The van der Waals surface area contributed by atoms with Gasteiger partial charge in [-0.25, -0.2) is 13.2 Å². The summed E-state index contributed by atoms with van der Waals surface area (Å²) in [7, 11) is -3.88. The Morgan fingerprint density at radius 1 is 1.05 bits per heavy atom. The van der Waals surface area contributed by atoms with Crippen LogP contribution in [0.1, 0.15) is 0 Å². The van der Waals surface area contributed by atoms with Crippen molar-refractivity contribution in [2.24, 2.45) is 0 Å². The quantitative estimate of drug-likeness (QED) is 0.703. The van der Waals surface area contributed by atoms with Gasteiger partial charge in [0, 0.05) is 17.4 Å². The van der Waals surface area contributed by atoms with Crippen molar-refractivity contribution in [3.63, 3.8) is 0 Å². The van der Waals surface area contributed by atoms with E-state index in [4.69, 9.17) is 21.3 Å². The Hall–Kier alpha value is -2.74. The van der Waals surface area contributed by atoms with E-state index in [1.165, 1.54) is 42.5 Å². The largest absolute Gasteiger partial charge is 0.480 e. The fourth-order valence-corrected chi connectivity index (χ4v) is 3.15. The molecule has 7 nitrogen and oxygen atoms in total. The fraction of sp³-hybridized carbons (Fsp3) is 0.0714. The number of rotatable bonds is 5. The number of hydrogen-bond acceptors (Lipinski definition) is 6. The first-order chi connectivity index (χ1) is 10.3. The predicted octanol–water partition coefficient (Wildman–Crippen LogP) is 1.15. The van der Waals surface area contributed by atoms with Gasteiger partial charge >= 0.3 is 5.97 Å². The van der Waals surface area contributed by atoms with Gasteiger partial charge in [-0.3, -0.25) is 0 Å². The summed E-state index contributed by atoms with van der Waals surface area (Å²) in [5, 5.41) is 8.67. The van der Waals surface area contributed by atoms with Crippen molar-refractivity contribution in [3.8, 4) is 5.75 Å². The zero-order chi connectivity index (χ0) is 16.3. The molecule has 8 heteroatoms. The molecule has 116 valence electrons. The molecule has 2 aromatic carbocycles. The van der Waals surface area contributed by atoms with E-state index in [-0.39, 0.29) is 21.2 Å². The van der Waals surface area contributed by atoms with E-state index >= 15 is 0 Å². The monoisotopic (exact) mass is 322 g/mol. The standard InChI is InChI=1S/C14H14N2O5S/c15-9-1-4-11(5-2-9)22(19,20)13-6-3-10(16)7-12(13)21-8-14(17)18/h1-7H,8,15-16H2,(H,17,18). The van der Waals surface area contributed by atoms with Gasteiger partial charge < -0.3 is 21.3 Å². The van der Waals surface area contributed by atoms with Crippen LogP contribution in [0.25, 0.3) is 0 Å². The number of nitrogen functional groups attached to an aromatic ring is 2. The number of nitrogens with two attached hydrogens (primary N) is 2. The minimum absolute atomic E-state index is 0.0200. The number of carboxylic acids is 1. The number of aliphatic carboxylic acids is 1. The first kappa shape index (κ1) is 15.6. The summed E-state index contributed by atoms with van der Waals surface area (Å²) < 4.78 is 30.3. The maximum atomic E-state index is 12.6. The lowest BCUT2D eigenvalue weighted by atomic mass is 10.3. The minimum Gasteiger partial charge on any atom is -0.480 e. The molecule has 0 saturated carbocycles. The molecule has 2 aromatic rings. The van der Waals surface area contributed by atoms with E-state index in [1.54, 1.807) is 0 Å². The normalized spacial score (nSPS) is 11.1. The van der Waals surface area contributed by atoms with Crippen LogP contribution in [0.4, 0.5) is 11.4 Å². The molecule has 0 fully saturated rings. The van der Waals surface area contributed by atoms with Gasteiger partial charge in [0.15, 0.2) is 6.61 Å². The van der Waals surface area contributed by atoms with E-state index in [0.717, 1.165) is 0 Å². The summed E-state index contributed by atoms with van der Waals surface area (Å²) >= 11 is 0. The van der Waals surface area contributed by atoms with Crippen molar-refractivity contribution >= 4 is 27.2 Å². The van der Waals surface area contributed by atoms with E-state index in [1.807, 2.05) is 0 Å². The van der Waals surface area contributed by atoms with E-state index in [9.17, 15) is 13.2 Å². The van der Waals surface area contributed by atoms with Gasteiger partial charge in [0.25, 0.3) is 0 Å². The molecular weight excluding hydrogens is 308 g/mol. The van der Waals surface area contributed by atoms with Crippen LogP contribution >= 0.6 is 0 Å². The van der Waals surface area contributed by atoms with Gasteiger partial charge in [-0.15, -0.1) is 0 Å². The van der Waals surface area contributed by atoms with Crippen LogP contribution in [0, 0.1) is 0 Å². The molecule has 0 heterocycles.